The highest BCUT2D eigenvalue weighted by Crippen LogP contribution is 2.42. The monoisotopic (exact) mass is 304 g/mol. The van der Waals surface area contributed by atoms with Crippen LogP contribution in [-0.4, -0.2) is 12.2 Å². The standard InChI is InChI=1S/C17H17ClO3/c1-10-7-11(3-5-15(10)20-2)17-9-14(19)13-8-12(18)4-6-16(13)21-17/h3-8,14,17,19H,9H2,1-2H3. The van der Waals surface area contributed by atoms with Gasteiger partial charge in [-0.1, -0.05) is 17.7 Å². The Labute approximate surface area is 129 Å². The summed E-state index contributed by atoms with van der Waals surface area (Å²) >= 11 is 5.97. The first kappa shape index (κ1) is 14.2. The van der Waals surface area contributed by atoms with E-state index >= 15 is 0 Å². The molecule has 0 aromatic heterocycles. The van der Waals surface area contributed by atoms with E-state index in [0.29, 0.717) is 17.2 Å². The van der Waals surface area contributed by atoms with Crippen LogP contribution in [0.2, 0.25) is 5.02 Å². The second kappa shape index (κ2) is 5.58. The van der Waals surface area contributed by atoms with E-state index in [4.69, 9.17) is 21.1 Å². The lowest BCUT2D eigenvalue weighted by Crippen LogP contribution is -2.19. The van der Waals surface area contributed by atoms with E-state index in [-0.39, 0.29) is 6.10 Å². The predicted molar refractivity (Wildman–Crippen MR) is 82.1 cm³/mol. The SMILES string of the molecule is COc1ccc(C2CC(O)c3cc(Cl)ccc3O2)cc1C. The first-order valence-electron chi connectivity index (χ1n) is 6.87. The smallest absolute Gasteiger partial charge is 0.127 e. The maximum Gasteiger partial charge on any atom is 0.127 e. The molecule has 0 spiro atoms. The number of hydrogen-bond acceptors (Lipinski definition) is 3. The van der Waals surface area contributed by atoms with E-state index in [1.807, 2.05) is 31.2 Å². The highest BCUT2D eigenvalue weighted by Gasteiger charge is 2.28. The van der Waals surface area contributed by atoms with Gasteiger partial charge in [0.25, 0.3) is 0 Å². The van der Waals surface area contributed by atoms with Crippen molar-refractivity contribution in [1.82, 2.24) is 0 Å². The van der Waals surface area contributed by atoms with Crippen molar-refractivity contribution in [1.29, 1.82) is 0 Å². The van der Waals surface area contributed by atoms with Gasteiger partial charge in [0.05, 0.1) is 13.2 Å². The summed E-state index contributed by atoms with van der Waals surface area (Å²) in [5.74, 6) is 1.54. The number of rotatable bonds is 2. The summed E-state index contributed by atoms with van der Waals surface area (Å²) in [6.07, 6.45) is -0.225. The maximum atomic E-state index is 10.3. The summed E-state index contributed by atoms with van der Waals surface area (Å²) in [4.78, 5) is 0. The second-order valence-corrected chi connectivity index (χ2v) is 5.71. The summed E-state index contributed by atoms with van der Waals surface area (Å²) < 4.78 is 11.3. The van der Waals surface area contributed by atoms with Crippen molar-refractivity contribution >= 4 is 11.6 Å². The first-order valence-corrected chi connectivity index (χ1v) is 7.25. The zero-order chi connectivity index (χ0) is 15.0. The van der Waals surface area contributed by atoms with Crippen molar-refractivity contribution in [2.45, 2.75) is 25.6 Å². The normalized spacial score (nSPS) is 20.6. The molecule has 1 heterocycles. The zero-order valence-electron chi connectivity index (χ0n) is 12.0. The quantitative estimate of drug-likeness (QED) is 0.903. The molecule has 2 aromatic rings. The van der Waals surface area contributed by atoms with Crippen molar-refractivity contribution in [2.24, 2.45) is 0 Å². The molecule has 0 saturated heterocycles. The molecule has 0 fully saturated rings. The van der Waals surface area contributed by atoms with Crippen LogP contribution >= 0.6 is 11.6 Å². The fourth-order valence-corrected chi connectivity index (χ4v) is 2.90. The van der Waals surface area contributed by atoms with E-state index in [2.05, 4.69) is 0 Å². The first-order chi connectivity index (χ1) is 10.1. The van der Waals surface area contributed by atoms with E-state index in [9.17, 15) is 5.11 Å². The van der Waals surface area contributed by atoms with Crippen LogP contribution in [0.25, 0.3) is 0 Å². The summed E-state index contributed by atoms with van der Waals surface area (Å²) in [6.45, 7) is 2.00. The van der Waals surface area contributed by atoms with Crippen LogP contribution in [0.15, 0.2) is 36.4 Å². The number of fused-ring (bicyclic) bond motifs is 1. The van der Waals surface area contributed by atoms with Crippen LogP contribution in [-0.2, 0) is 0 Å². The molecule has 2 atom stereocenters. The third-order valence-electron chi connectivity index (χ3n) is 3.83. The Hall–Kier alpha value is -1.71. The third kappa shape index (κ3) is 2.71. The van der Waals surface area contributed by atoms with Crippen molar-refractivity contribution in [3.63, 3.8) is 0 Å². The van der Waals surface area contributed by atoms with Crippen LogP contribution in [0.5, 0.6) is 11.5 Å². The average molecular weight is 305 g/mol. The molecular weight excluding hydrogens is 288 g/mol. The fourth-order valence-electron chi connectivity index (χ4n) is 2.72. The molecule has 1 N–H and O–H groups in total. The van der Waals surface area contributed by atoms with Crippen LogP contribution in [0.4, 0.5) is 0 Å². The van der Waals surface area contributed by atoms with Gasteiger partial charge in [-0.25, -0.2) is 0 Å². The Morgan fingerprint density at radius 3 is 2.76 bits per heavy atom. The number of hydrogen-bond donors (Lipinski definition) is 1. The lowest BCUT2D eigenvalue weighted by molar-refractivity contribution is 0.0657. The molecule has 0 aliphatic carbocycles. The van der Waals surface area contributed by atoms with Gasteiger partial charge >= 0.3 is 0 Å². The van der Waals surface area contributed by atoms with Gasteiger partial charge in [0.15, 0.2) is 0 Å². The number of aliphatic hydroxyl groups is 1. The third-order valence-corrected chi connectivity index (χ3v) is 4.06. The molecule has 1 aliphatic rings. The lowest BCUT2D eigenvalue weighted by Gasteiger charge is -2.30. The molecule has 1 aliphatic heterocycles. The van der Waals surface area contributed by atoms with Gasteiger partial charge in [-0.15, -0.1) is 0 Å². The summed E-state index contributed by atoms with van der Waals surface area (Å²) in [5, 5.41) is 10.9. The Balaban J connectivity index is 1.92. The van der Waals surface area contributed by atoms with Crippen molar-refractivity contribution < 1.29 is 14.6 Å². The molecule has 3 nitrogen and oxygen atoms in total. The van der Waals surface area contributed by atoms with Gasteiger partial charge in [0.2, 0.25) is 0 Å². The Morgan fingerprint density at radius 2 is 2.05 bits per heavy atom. The number of methoxy groups -OCH3 is 1. The Morgan fingerprint density at radius 1 is 1.24 bits per heavy atom. The molecule has 3 rings (SSSR count). The van der Waals surface area contributed by atoms with Gasteiger partial charge in [-0.3, -0.25) is 0 Å². The van der Waals surface area contributed by atoms with Gasteiger partial charge in [-0.05, 0) is 48.4 Å². The minimum Gasteiger partial charge on any atom is -0.496 e. The average Bonchev–Trinajstić information content (AvgIpc) is 2.47. The molecule has 0 bridgehead atoms. The second-order valence-electron chi connectivity index (χ2n) is 5.27. The van der Waals surface area contributed by atoms with Gasteiger partial charge in [0, 0.05) is 17.0 Å². The number of benzene rings is 2. The predicted octanol–water partition coefficient (Wildman–Crippen LogP) is 4.21. The number of aryl methyl sites for hydroxylation is 1. The molecule has 0 saturated carbocycles. The molecule has 0 amide bonds. The maximum absolute atomic E-state index is 10.3. The Kier molecular flexibility index (Phi) is 3.79. The molecule has 21 heavy (non-hydrogen) atoms. The van der Waals surface area contributed by atoms with E-state index in [1.54, 1.807) is 19.2 Å². The van der Waals surface area contributed by atoms with Crippen molar-refractivity contribution in [2.75, 3.05) is 7.11 Å². The highest BCUT2D eigenvalue weighted by atomic mass is 35.5. The van der Waals surface area contributed by atoms with Gasteiger partial charge in [-0.2, -0.15) is 0 Å². The fraction of sp³-hybridized carbons (Fsp3) is 0.294. The van der Waals surface area contributed by atoms with E-state index < -0.39 is 6.10 Å². The highest BCUT2D eigenvalue weighted by molar-refractivity contribution is 6.30. The van der Waals surface area contributed by atoms with Crippen LogP contribution in [0.3, 0.4) is 0 Å². The van der Waals surface area contributed by atoms with Crippen molar-refractivity contribution in [3.8, 4) is 11.5 Å². The van der Waals surface area contributed by atoms with Crippen molar-refractivity contribution in [3.05, 3.63) is 58.1 Å². The van der Waals surface area contributed by atoms with Crippen LogP contribution in [0.1, 0.15) is 35.3 Å². The minimum atomic E-state index is -0.570. The molecule has 2 aromatic carbocycles. The van der Waals surface area contributed by atoms with E-state index in [1.165, 1.54) is 0 Å². The summed E-state index contributed by atoms with van der Waals surface area (Å²) in [5.41, 5.74) is 2.84. The molecule has 0 radical (unpaired) electrons. The van der Waals surface area contributed by atoms with Gasteiger partial charge < -0.3 is 14.6 Å². The molecular formula is C17H17ClO3. The van der Waals surface area contributed by atoms with Crippen LogP contribution in [0, 0.1) is 6.92 Å². The number of aliphatic hydroxyl groups excluding tert-OH is 1. The molecule has 2 unspecified atom stereocenters. The van der Waals surface area contributed by atoms with E-state index in [0.717, 1.165) is 22.4 Å². The van der Waals surface area contributed by atoms with Gasteiger partial charge in [0.1, 0.15) is 17.6 Å². The van der Waals surface area contributed by atoms with Crippen LogP contribution < -0.4 is 9.47 Å². The number of ether oxygens (including phenoxy) is 2. The largest absolute Gasteiger partial charge is 0.496 e. The Bertz CT molecular complexity index is 669. The topological polar surface area (TPSA) is 38.7 Å². The summed E-state index contributed by atoms with van der Waals surface area (Å²) in [7, 11) is 1.66. The minimum absolute atomic E-state index is 0.168. The number of halogens is 1. The zero-order valence-corrected chi connectivity index (χ0v) is 12.7. The lowest BCUT2D eigenvalue weighted by atomic mass is 9.94. The molecule has 110 valence electrons. The summed E-state index contributed by atoms with van der Waals surface area (Å²) in [6, 6.07) is 11.3. The molecule has 4 heteroatoms.